The summed E-state index contributed by atoms with van der Waals surface area (Å²) in [5, 5.41) is 11.3. The topological polar surface area (TPSA) is 26.9 Å². The highest BCUT2D eigenvalue weighted by Gasteiger charge is 2.12. The molecule has 0 N–H and O–H groups in total. The van der Waals surface area contributed by atoms with Gasteiger partial charge in [-0.3, -0.25) is 0 Å². The monoisotopic (exact) mass is 191 g/mol. The SMILES string of the molecule is Cc1cc(Cl)[n+]([O-])c(Cl)c1C. The lowest BCUT2D eigenvalue weighted by Crippen LogP contribution is -2.30. The van der Waals surface area contributed by atoms with Gasteiger partial charge in [0, 0.05) is 11.6 Å². The molecule has 11 heavy (non-hydrogen) atoms. The highest BCUT2D eigenvalue weighted by molar-refractivity contribution is 6.31. The number of hydrogen-bond donors (Lipinski definition) is 0. The number of rotatable bonds is 0. The molecule has 4 heteroatoms. The third kappa shape index (κ3) is 1.42. The number of nitrogens with zero attached hydrogens (tertiary/aromatic N) is 1. The second-order valence-electron chi connectivity index (χ2n) is 2.36. The summed E-state index contributed by atoms with van der Waals surface area (Å²) in [6.07, 6.45) is 0. The molecule has 0 aliphatic heterocycles. The second-order valence-corrected chi connectivity index (χ2v) is 3.11. The van der Waals surface area contributed by atoms with Crippen molar-refractivity contribution < 1.29 is 4.73 Å². The lowest BCUT2D eigenvalue weighted by molar-refractivity contribution is -0.601. The van der Waals surface area contributed by atoms with Gasteiger partial charge in [-0.2, -0.15) is 0 Å². The lowest BCUT2D eigenvalue weighted by Gasteiger charge is -2.04. The van der Waals surface area contributed by atoms with Gasteiger partial charge in [0.25, 0.3) is 10.3 Å². The molecule has 1 aromatic heterocycles. The molecule has 1 aromatic rings. The van der Waals surface area contributed by atoms with Crippen LogP contribution in [0.1, 0.15) is 11.1 Å². The van der Waals surface area contributed by atoms with E-state index in [0.29, 0.717) is 4.73 Å². The first kappa shape index (κ1) is 8.62. The van der Waals surface area contributed by atoms with Gasteiger partial charge in [0.1, 0.15) is 0 Å². The van der Waals surface area contributed by atoms with E-state index in [2.05, 4.69) is 0 Å². The summed E-state index contributed by atoms with van der Waals surface area (Å²) in [4.78, 5) is 0. The minimum absolute atomic E-state index is 0.109. The van der Waals surface area contributed by atoms with E-state index in [-0.39, 0.29) is 10.3 Å². The van der Waals surface area contributed by atoms with E-state index in [1.165, 1.54) is 0 Å². The molecule has 2 nitrogen and oxygen atoms in total. The summed E-state index contributed by atoms with van der Waals surface area (Å²) >= 11 is 11.2. The fourth-order valence-corrected chi connectivity index (χ4v) is 1.29. The predicted octanol–water partition coefficient (Wildman–Crippen LogP) is 2.24. The van der Waals surface area contributed by atoms with Crippen LogP contribution in [0.3, 0.4) is 0 Å². The van der Waals surface area contributed by atoms with E-state index < -0.39 is 0 Å². The minimum atomic E-state index is 0.109. The zero-order valence-electron chi connectivity index (χ0n) is 6.19. The zero-order chi connectivity index (χ0) is 8.59. The summed E-state index contributed by atoms with van der Waals surface area (Å²) in [7, 11) is 0. The Morgan fingerprint density at radius 3 is 2.45 bits per heavy atom. The molecule has 0 atom stereocenters. The maximum absolute atomic E-state index is 11.0. The molecular weight excluding hydrogens is 185 g/mol. The van der Waals surface area contributed by atoms with Crippen LogP contribution in [0.2, 0.25) is 10.3 Å². The molecule has 0 unspecified atom stereocenters. The average Bonchev–Trinajstić information content (AvgIpc) is 1.97. The van der Waals surface area contributed by atoms with E-state index in [4.69, 9.17) is 23.2 Å². The molecule has 0 radical (unpaired) electrons. The zero-order valence-corrected chi connectivity index (χ0v) is 7.70. The fourth-order valence-electron chi connectivity index (χ4n) is 0.754. The van der Waals surface area contributed by atoms with E-state index in [0.717, 1.165) is 11.1 Å². The second kappa shape index (κ2) is 2.88. The van der Waals surface area contributed by atoms with E-state index in [9.17, 15) is 5.21 Å². The summed E-state index contributed by atoms with van der Waals surface area (Å²) in [5.74, 6) is 0. The van der Waals surface area contributed by atoms with E-state index >= 15 is 0 Å². The van der Waals surface area contributed by atoms with Gasteiger partial charge in [-0.05, 0) is 42.6 Å². The number of pyridine rings is 1. The first-order valence-electron chi connectivity index (χ1n) is 3.09. The third-order valence-electron chi connectivity index (χ3n) is 1.61. The number of aryl methyl sites for hydroxylation is 1. The van der Waals surface area contributed by atoms with Crippen LogP contribution >= 0.6 is 23.2 Å². The van der Waals surface area contributed by atoms with Crippen molar-refractivity contribution in [2.24, 2.45) is 0 Å². The van der Waals surface area contributed by atoms with Crippen molar-refractivity contribution in [3.05, 3.63) is 32.7 Å². The lowest BCUT2D eigenvalue weighted by atomic mass is 10.2. The van der Waals surface area contributed by atoms with Crippen molar-refractivity contribution in [2.45, 2.75) is 13.8 Å². The molecule has 1 rings (SSSR count). The Balaban J connectivity index is 3.46. The average molecular weight is 192 g/mol. The van der Waals surface area contributed by atoms with Gasteiger partial charge in [-0.1, -0.05) is 0 Å². The number of aromatic nitrogens is 1. The van der Waals surface area contributed by atoms with Crippen molar-refractivity contribution >= 4 is 23.2 Å². The Bertz CT molecular complexity index is 273. The van der Waals surface area contributed by atoms with Gasteiger partial charge < -0.3 is 5.21 Å². The molecular formula is C7H7Cl2NO. The highest BCUT2D eigenvalue weighted by Crippen LogP contribution is 2.17. The Labute approximate surface area is 74.9 Å². The summed E-state index contributed by atoms with van der Waals surface area (Å²) < 4.78 is 0.505. The predicted molar refractivity (Wildman–Crippen MR) is 44.9 cm³/mol. The molecule has 0 fully saturated rings. The molecule has 0 saturated carbocycles. The summed E-state index contributed by atoms with van der Waals surface area (Å²) in [6.45, 7) is 3.63. The van der Waals surface area contributed by atoms with Crippen molar-refractivity contribution in [2.75, 3.05) is 0 Å². The van der Waals surface area contributed by atoms with Gasteiger partial charge >= 0.3 is 0 Å². The van der Waals surface area contributed by atoms with Gasteiger partial charge in [-0.15, -0.1) is 4.73 Å². The van der Waals surface area contributed by atoms with Crippen LogP contribution in [0.15, 0.2) is 6.07 Å². The third-order valence-corrected chi connectivity index (χ3v) is 2.31. The van der Waals surface area contributed by atoms with Crippen LogP contribution in [0.4, 0.5) is 0 Å². The molecule has 0 spiro atoms. The largest absolute Gasteiger partial charge is 0.617 e. The van der Waals surface area contributed by atoms with Crippen LogP contribution in [0.5, 0.6) is 0 Å². The quantitative estimate of drug-likeness (QED) is 0.351. The summed E-state index contributed by atoms with van der Waals surface area (Å²) in [5.41, 5.74) is 1.69. The van der Waals surface area contributed by atoms with Gasteiger partial charge in [0.05, 0.1) is 0 Å². The fraction of sp³-hybridized carbons (Fsp3) is 0.286. The maximum atomic E-state index is 11.0. The molecule has 0 aliphatic rings. The molecule has 0 amide bonds. The van der Waals surface area contributed by atoms with Gasteiger partial charge in [0.2, 0.25) is 0 Å². The molecule has 0 saturated heterocycles. The van der Waals surface area contributed by atoms with Crippen LogP contribution in [0.25, 0.3) is 0 Å². The van der Waals surface area contributed by atoms with Crippen molar-refractivity contribution in [1.29, 1.82) is 0 Å². The van der Waals surface area contributed by atoms with Crippen LogP contribution in [-0.4, -0.2) is 0 Å². The first-order valence-corrected chi connectivity index (χ1v) is 3.84. The van der Waals surface area contributed by atoms with Crippen LogP contribution in [0, 0.1) is 19.1 Å². The first-order chi connectivity index (χ1) is 5.04. The Hall–Kier alpha value is -0.470. The molecule has 0 aromatic carbocycles. The van der Waals surface area contributed by atoms with Gasteiger partial charge in [0.15, 0.2) is 0 Å². The van der Waals surface area contributed by atoms with Crippen LogP contribution in [-0.2, 0) is 0 Å². The Morgan fingerprint density at radius 1 is 1.36 bits per heavy atom. The van der Waals surface area contributed by atoms with Gasteiger partial charge in [-0.25, -0.2) is 0 Å². The standard InChI is InChI=1S/C7H7Cl2NO/c1-4-3-6(8)10(11)7(9)5(4)2/h3H,1-2H3. The molecule has 60 valence electrons. The molecule has 1 heterocycles. The van der Waals surface area contributed by atoms with Crippen LogP contribution < -0.4 is 4.73 Å². The number of hydrogen-bond acceptors (Lipinski definition) is 1. The minimum Gasteiger partial charge on any atom is -0.617 e. The molecule has 0 aliphatic carbocycles. The smallest absolute Gasteiger partial charge is 0.290 e. The van der Waals surface area contributed by atoms with Crippen molar-refractivity contribution in [1.82, 2.24) is 0 Å². The van der Waals surface area contributed by atoms with E-state index in [1.54, 1.807) is 13.0 Å². The Kier molecular flexibility index (Phi) is 2.25. The normalized spacial score (nSPS) is 10.2. The van der Waals surface area contributed by atoms with E-state index in [1.807, 2.05) is 6.92 Å². The number of halogens is 2. The van der Waals surface area contributed by atoms with Crippen molar-refractivity contribution in [3.8, 4) is 0 Å². The molecule has 0 bridgehead atoms. The van der Waals surface area contributed by atoms with Crippen molar-refractivity contribution in [3.63, 3.8) is 0 Å². The highest BCUT2D eigenvalue weighted by atomic mass is 35.5. The Morgan fingerprint density at radius 2 is 1.91 bits per heavy atom. The summed E-state index contributed by atoms with van der Waals surface area (Å²) in [6, 6.07) is 1.59. The maximum Gasteiger partial charge on any atom is 0.290 e.